The minimum atomic E-state index is -0.427. The van der Waals surface area contributed by atoms with Gasteiger partial charge in [0.25, 0.3) is 0 Å². The first-order valence-electron chi connectivity index (χ1n) is 13.5. The molecule has 0 aliphatic rings. The molecule has 196 valence electrons. The zero-order chi connectivity index (χ0) is 24.6. The number of hydrogen-bond donors (Lipinski definition) is 0. The molecule has 0 aromatic heterocycles. The van der Waals surface area contributed by atoms with Gasteiger partial charge >= 0.3 is 11.9 Å². The molecule has 0 unspecified atom stereocenters. The average molecular weight is 599 g/mol. The standard InChI is InChI=1S/C27H50Br2O4/c1-3-5-7-9-11-13-15-17-19-25(30)32-23-27(21-28,22-29)24-33-26(31)20-18-16-14-12-10-8-6-4-2/h3-24H2,1-2H3. The molecule has 33 heavy (non-hydrogen) atoms. The predicted molar refractivity (Wildman–Crippen MR) is 146 cm³/mol. The molecule has 0 aromatic rings. The molecule has 6 heteroatoms. The number of halogens is 2. The Kier molecular flexibility index (Phi) is 23.6. The van der Waals surface area contributed by atoms with Crippen molar-refractivity contribution in [3.8, 4) is 0 Å². The normalized spacial score (nSPS) is 11.5. The summed E-state index contributed by atoms with van der Waals surface area (Å²) < 4.78 is 11.1. The van der Waals surface area contributed by atoms with E-state index in [0.29, 0.717) is 23.5 Å². The zero-order valence-corrected chi connectivity index (χ0v) is 24.6. The highest BCUT2D eigenvalue weighted by Gasteiger charge is 2.32. The van der Waals surface area contributed by atoms with Gasteiger partial charge in [0.05, 0.1) is 5.41 Å². The fraction of sp³-hybridized carbons (Fsp3) is 0.926. The van der Waals surface area contributed by atoms with E-state index >= 15 is 0 Å². The van der Waals surface area contributed by atoms with Crippen LogP contribution in [-0.4, -0.2) is 35.8 Å². The number of carbonyl (C=O) groups is 2. The van der Waals surface area contributed by atoms with Crippen molar-refractivity contribution in [1.82, 2.24) is 0 Å². The van der Waals surface area contributed by atoms with Crippen LogP contribution in [-0.2, 0) is 19.1 Å². The number of carbonyl (C=O) groups excluding carboxylic acids is 2. The number of ether oxygens (including phenoxy) is 2. The highest BCUT2D eigenvalue weighted by molar-refractivity contribution is 9.09. The van der Waals surface area contributed by atoms with Crippen molar-refractivity contribution >= 4 is 43.8 Å². The monoisotopic (exact) mass is 596 g/mol. The highest BCUT2D eigenvalue weighted by atomic mass is 79.9. The van der Waals surface area contributed by atoms with E-state index in [1.807, 2.05) is 0 Å². The van der Waals surface area contributed by atoms with Crippen molar-refractivity contribution in [3.63, 3.8) is 0 Å². The third-order valence-corrected chi connectivity index (χ3v) is 8.49. The summed E-state index contributed by atoms with van der Waals surface area (Å²) in [5, 5.41) is 1.20. The van der Waals surface area contributed by atoms with Gasteiger partial charge in [-0.25, -0.2) is 0 Å². The van der Waals surface area contributed by atoms with Crippen LogP contribution >= 0.6 is 31.9 Å². The number of esters is 2. The largest absolute Gasteiger partial charge is 0.465 e. The molecule has 0 aromatic carbocycles. The second-order valence-electron chi connectivity index (χ2n) is 9.54. The zero-order valence-electron chi connectivity index (χ0n) is 21.4. The lowest BCUT2D eigenvalue weighted by Gasteiger charge is -2.28. The number of rotatable bonds is 24. The molecule has 0 radical (unpaired) electrons. The van der Waals surface area contributed by atoms with E-state index in [4.69, 9.17) is 9.47 Å². The summed E-state index contributed by atoms with van der Waals surface area (Å²) in [5.41, 5.74) is -0.427. The van der Waals surface area contributed by atoms with E-state index in [2.05, 4.69) is 45.7 Å². The summed E-state index contributed by atoms with van der Waals surface area (Å²) in [6.45, 7) is 4.97. The van der Waals surface area contributed by atoms with Gasteiger partial charge in [-0.05, 0) is 12.8 Å². The van der Waals surface area contributed by atoms with E-state index in [-0.39, 0.29) is 25.2 Å². The van der Waals surface area contributed by atoms with Gasteiger partial charge in [-0.1, -0.05) is 136 Å². The highest BCUT2D eigenvalue weighted by Crippen LogP contribution is 2.25. The van der Waals surface area contributed by atoms with E-state index < -0.39 is 5.41 Å². The molecular formula is C27H50Br2O4. The van der Waals surface area contributed by atoms with Crippen molar-refractivity contribution in [2.24, 2.45) is 5.41 Å². The minimum Gasteiger partial charge on any atom is -0.465 e. The third kappa shape index (κ3) is 19.9. The van der Waals surface area contributed by atoms with Crippen LogP contribution < -0.4 is 0 Å². The Morgan fingerprint density at radius 3 is 1.15 bits per heavy atom. The fourth-order valence-electron chi connectivity index (χ4n) is 3.65. The van der Waals surface area contributed by atoms with E-state index in [1.165, 1.54) is 77.0 Å². The van der Waals surface area contributed by atoms with E-state index in [9.17, 15) is 9.59 Å². The van der Waals surface area contributed by atoms with Gasteiger partial charge in [-0.3, -0.25) is 9.59 Å². The van der Waals surface area contributed by atoms with Crippen molar-refractivity contribution in [3.05, 3.63) is 0 Å². The van der Waals surface area contributed by atoms with Gasteiger partial charge in [0.15, 0.2) is 0 Å². The Morgan fingerprint density at radius 2 is 0.848 bits per heavy atom. The molecule has 0 heterocycles. The fourth-order valence-corrected chi connectivity index (χ4v) is 5.23. The number of unbranched alkanes of at least 4 members (excludes halogenated alkanes) is 14. The van der Waals surface area contributed by atoms with Crippen LogP contribution in [0.4, 0.5) is 0 Å². The average Bonchev–Trinajstić information content (AvgIpc) is 2.83. The van der Waals surface area contributed by atoms with Gasteiger partial charge in [-0.15, -0.1) is 0 Å². The Morgan fingerprint density at radius 1 is 0.545 bits per heavy atom. The molecule has 0 spiro atoms. The molecule has 0 bridgehead atoms. The maximum Gasteiger partial charge on any atom is 0.305 e. The molecule has 0 saturated heterocycles. The van der Waals surface area contributed by atoms with Crippen LogP contribution in [0.3, 0.4) is 0 Å². The van der Waals surface area contributed by atoms with Crippen molar-refractivity contribution < 1.29 is 19.1 Å². The first-order chi connectivity index (χ1) is 16.0. The summed E-state index contributed by atoms with van der Waals surface area (Å²) in [7, 11) is 0. The van der Waals surface area contributed by atoms with Crippen LogP contribution in [0, 0.1) is 5.41 Å². The van der Waals surface area contributed by atoms with Crippen LogP contribution in [0.5, 0.6) is 0 Å². The second kappa shape index (κ2) is 23.6. The van der Waals surface area contributed by atoms with Gasteiger partial charge in [-0.2, -0.15) is 0 Å². The summed E-state index contributed by atoms with van der Waals surface area (Å²) in [4.78, 5) is 24.3. The molecule has 0 saturated carbocycles. The molecule has 0 atom stereocenters. The maximum absolute atomic E-state index is 12.2. The van der Waals surface area contributed by atoms with Crippen LogP contribution in [0.1, 0.15) is 129 Å². The molecule has 0 amide bonds. The molecular weight excluding hydrogens is 548 g/mol. The molecule has 0 aliphatic carbocycles. The SMILES string of the molecule is CCCCCCCCCCC(=O)OCC(CBr)(CBr)COC(=O)CCCCCCCCCC. The molecule has 0 aliphatic heterocycles. The minimum absolute atomic E-state index is 0.155. The maximum atomic E-state index is 12.2. The predicted octanol–water partition coefficient (Wildman–Crippen LogP) is 8.91. The molecule has 4 nitrogen and oxygen atoms in total. The smallest absolute Gasteiger partial charge is 0.305 e. The summed E-state index contributed by atoms with van der Waals surface area (Å²) in [6.07, 6.45) is 20.2. The van der Waals surface area contributed by atoms with Crippen LogP contribution in [0.2, 0.25) is 0 Å². The Balaban J connectivity index is 3.96. The molecule has 0 fully saturated rings. The summed E-state index contributed by atoms with van der Waals surface area (Å²) in [5.74, 6) is -0.310. The first kappa shape index (κ1) is 32.9. The van der Waals surface area contributed by atoms with Crippen LogP contribution in [0.25, 0.3) is 0 Å². The molecule has 0 N–H and O–H groups in total. The van der Waals surface area contributed by atoms with Gasteiger partial charge in [0, 0.05) is 23.5 Å². The topological polar surface area (TPSA) is 52.6 Å². The Bertz CT molecular complexity index is 429. The summed E-state index contributed by atoms with van der Waals surface area (Å²) >= 11 is 7.04. The first-order valence-corrected chi connectivity index (χ1v) is 15.7. The van der Waals surface area contributed by atoms with Gasteiger partial charge < -0.3 is 9.47 Å². The lowest BCUT2D eigenvalue weighted by atomic mass is 9.96. The number of hydrogen-bond acceptors (Lipinski definition) is 4. The van der Waals surface area contributed by atoms with E-state index in [1.54, 1.807) is 0 Å². The molecule has 0 rings (SSSR count). The van der Waals surface area contributed by atoms with E-state index in [0.717, 1.165) is 25.7 Å². The second-order valence-corrected chi connectivity index (χ2v) is 10.7. The van der Waals surface area contributed by atoms with Crippen LogP contribution in [0.15, 0.2) is 0 Å². The van der Waals surface area contributed by atoms with Crippen molar-refractivity contribution in [1.29, 1.82) is 0 Å². The Hall–Kier alpha value is -0.100. The summed E-state index contributed by atoms with van der Waals surface area (Å²) in [6, 6.07) is 0. The lowest BCUT2D eigenvalue weighted by Crippen LogP contribution is -2.37. The van der Waals surface area contributed by atoms with Crippen molar-refractivity contribution in [2.45, 2.75) is 129 Å². The third-order valence-electron chi connectivity index (χ3n) is 6.11. The number of alkyl halides is 2. The lowest BCUT2D eigenvalue weighted by molar-refractivity contribution is -0.152. The van der Waals surface area contributed by atoms with Gasteiger partial charge in [0.1, 0.15) is 13.2 Å². The van der Waals surface area contributed by atoms with Gasteiger partial charge in [0.2, 0.25) is 0 Å². The van der Waals surface area contributed by atoms with Crippen molar-refractivity contribution in [2.75, 3.05) is 23.9 Å². The Labute approximate surface area is 221 Å². The quantitative estimate of drug-likeness (QED) is 0.0633.